The number of rotatable bonds is 22. The first-order valence-electron chi connectivity index (χ1n) is 13.6. The van der Waals surface area contributed by atoms with Gasteiger partial charge in [-0.2, -0.15) is 0 Å². The summed E-state index contributed by atoms with van der Waals surface area (Å²) < 4.78 is 5.37. The second kappa shape index (κ2) is 20.7. The number of aliphatic hydroxyl groups is 5. The van der Waals surface area contributed by atoms with Crippen LogP contribution < -0.4 is 0 Å². The molecule has 0 radical (unpaired) electrons. The summed E-state index contributed by atoms with van der Waals surface area (Å²) in [7, 11) is 0. The Labute approximate surface area is 209 Å². The Kier molecular flexibility index (Phi) is 20.4. The lowest BCUT2D eigenvalue weighted by Gasteiger charge is -2.25. The van der Waals surface area contributed by atoms with Crippen molar-refractivity contribution in [2.24, 2.45) is 17.8 Å². The van der Waals surface area contributed by atoms with Crippen LogP contribution in [0.25, 0.3) is 0 Å². The zero-order chi connectivity index (χ0) is 25.9. The van der Waals surface area contributed by atoms with Crippen LogP contribution in [0.5, 0.6) is 0 Å². The Hall–Kier alpha value is -0.500. The Morgan fingerprint density at radius 1 is 0.735 bits per heavy atom. The van der Waals surface area contributed by atoms with Crippen molar-refractivity contribution in [1.82, 2.24) is 0 Å². The molecule has 34 heavy (non-hydrogen) atoms. The molecule has 0 heterocycles. The fourth-order valence-electron chi connectivity index (χ4n) is 4.21. The zero-order valence-electron chi connectivity index (χ0n) is 22.7. The Morgan fingerprint density at radius 2 is 1.26 bits per heavy atom. The van der Waals surface area contributed by atoms with E-state index in [0.717, 1.165) is 37.0 Å². The number of unbranched alkanes of at least 4 members (excludes halogenated alkanes) is 1. The van der Waals surface area contributed by atoms with E-state index in [1.54, 1.807) is 0 Å². The van der Waals surface area contributed by atoms with E-state index in [2.05, 4.69) is 40.7 Å². The van der Waals surface area contributed by atoms with Crippen molar-refractivity contribution in [1.29, 1.82) is 0 Å². The van der Waals surface area contributed by atoms with Crippen LogP contribution in [0.15, 0.2) is 11.6 Å². The van der Waals surface area contributed by atoms with Crippen molar-refractivity contribution in [3.8, 4) is 0 Å². The minimum Gasteiger partial charge on any atom is -0.394 e. The molecule has 0 saturated heterocycles. The van der Waals surface area contributed by atoms with E-state index in [1.807, 2.05) is 0 Å². The van der Waals surface area contributed by atoms with Gasteiger partial charge in [-0.25, -0.2) is 0 Å². The van der Waals surface area contributed by atoms with Crippen LogP contribution in [0, 0.1) is 17.8 Å². The minimum absolute atomic E-state index is 0.131. The molecule has 0 aromatic heterocycles. The first kappa shape index (κ1) is 33.5. The first-order valence-corrected chi connectivity index (χ1v) is 13.6. The van der Waals surface area contributed by atoms with E-state index in [-0.39, 0.29) is 6.61 Å². The average molecular weight is 489 g/mol. The molecule has 0 saturated carbocycles. The number of aliphatic hydroxyl groups excluding tert-OH is 5. The molecule has 0 spiro atoms. The molecule has 0 aliphatic carbocycles. The number of hydrogen-bond donors (Lipinski definition) is 5. The van der Waals surface area contributed by atoms with E-state index in [4.69, 9.17) is 9.84 Å². The van der Waals surface area contributed by atoms with Crippen LogP contribution in [-0.4, -0.2) is 69.8 Å². The molecule has 0 aromatic carbocycles. The number of hydrogen-bond acceptors (Lipinski definition) is 6. The van der Waals surface area contributed by atoms with Crippen LogP contribution in [0.4, 0.5) is 0 Å². The highest BCUT2D eigenvalue weighted by molar-refractivity contribution is 4.97. The normalized spacial score (nSPS) is 18.0. The molecule has 6 atom stereocenters. The van der Waals surface area contributed by atoms with Gasteiger partial charge in [-0.15, -0.1) is 0 Å². The predicted molar refractivity (Wildman–Crippen MR) is 140 cm³/mol. The molecule has 5 N–H and O–H groups in total. The van der Waals surface area contributed by atoms with Gasteiger partial charge in [0.2, 0.25) is 0 Å². The Bertz CT molecular complexity index is 495. The summed E-state index contributed by atoms with van der Waals surface area (Å²) >= 11 is 0. The summed E-state index contributed by atoms with van der Waals surface area (Å²) in [6.07, 6.45) is 9.80. The maximum atomic E-state index is 9.81. The smallest absolute Gasteiger partial charge is 0.111 e. The van der Waals surface area contributed by atoms with Crippen molar-refractivity contribution in [3.63, 3.8) is 0 Å². The molecule has 0 aromatic rings. The van der Waals surface area contributed by atoms with Crippen molar-refractivity contribution in [2.75, 3.05) is 19.8 Å². The number of ether oxygens (including phenoxy) is 1. The molecule has 6 heteroatoms. The molecule has 0 amide bonds. The van der Waals surface area contributed by atoms with Gasteiger partial charge >= 0.3 is 0 Å². The van der Waals surface area contributed by atoms with E-state index >= 15 is 0 Å². The lowest BCUT2D eigenvalue weighted by molar-refractivity contribution is -0.129. The Balaban J connectivity index is 3.78. The van der Waals surface area contributed by atoms with Gasteiger partial charge in [-0.3, -0.25) is 0 Å². The van der Waals surface area contributed by atoms with E-state index in [1.165, 1.54) is 56.9 Å². The van der Waals surface area contributed by atoms with Crippen LogP contribution in [0.1, 0.15) is 105 Å². The summed E-state index contributed by atoms with van der Waals surface area (Å²) in [5, 5.41) is 47.2. The van der Waals surface area contributed by atoms with Crippen molar-refractivity contribution in [3.05, 3.63) is 11.6 Å². The molecule has 0 fully saturated rings. The van der Waals surface area contributed by atoms with E-state index in [9.17, 15) is 20.4 Å². The number of allylic oxidation sites excluding steroid dienone is 2. The third-order valence-electron chi connectivity index (χ3n) is 6.74. The molecule has 204 valence electrons. The largest absolute Gasteiger partial charge is 0.394 e. The standard InChI is InChI=1S/C28H56O6/c1-21(2)11-8-13-23(4)15-10-17-24(5)16-9-14-22(3)12-6-7-18-34-20-26(31)28(33)27(32)25(30)19-29/h12,21,23-33H,6-11,13-20H2,1-5H3/t23?,24?,25-,26+,27-,28-/m1/s1. The lowest BCUT2D eigenvalue weighted by Crippen LogP contribution is -2.47. The summed E-state index contributed by atoms with van der Waals surface area (Å²) in [6, 6.07) is 0. The van der Waals surface area contributed by atoms with Crippen molar-refractivity contribution in [2.45, 2.75) is 130 Å². The second-order valence-electron chi connectivity index (χ2n) is 10.9. The van der Waals surface area contributed by atoms with E-state index < -0.39 is 31.0 Å². The fourth-order valence-corrected chi connectivity index (χ4v) is 4.21. The average Bonchev–Trinajstić information content (AvgIpc) is 2.79. The van der Waals surface area contributed by atoms with Crippen molar-refractivity contribution >= 4 is 0 Å². The fraction of sp³-hybridized carbons (Fsp3) is 0.929. The Morgan fingerprint density at radius 3 is 1.82 bits per heavy atom. The third-order valence-corrected chi connectivity index (χ3v) is 6.74. The van der Waals surface area contributed by atoms with Crippen LogP contribution in [0.3, 0.4) is 0 Å². The highest BCUT2D eigenvalue weighted by atomic mass is 16.5. The van der Waals surface area contributed by atoms with Gasteiger partial charge in [0.25, 0.3) is 0 Å². The highest BCUT2D eigenvalue weighted by Gasteiger charge is 2.29. The molecule has 0 aliphatic heterocycles. The van der Waals surface area contributed by atoms with Gasteiger partial charge in [0.1, 0.15) is 24.4 Å². The summed E-state index contributed by atoms with van der Waals surface area (Å²) in [5.41, 5.74) is 1.41. The molecule has 6 nitrogen and oxygen atoms in total. The van der Waals surface area contributed by atoms with Gasteiger partial charge in [0, 0.05) is 6.61 Å². The zero-order valence-corrected chi connectivity index (χ0v) is 22.7. The van der Waals surface area contributed by atoms with Crippen molar-refractivity contribution < 1.29 is 30.3 Å². The quantitative estimate of drug-likeness (QED) is 0.112. The van der Waals surface area contributed by atoms with Gasteiger partial charge in [0.15, 0.2) is 0 Å². The topological polar surface area (TPSA) is 110 Å². The highest BCUT2D eigenvalue weighted by Crippen LogP contribution is 2.22. The van der Waals surface area contributed by atoms with Gasteiger partial charge in [0.05, 0.1) is 13.2 Å². The molecule has 0 bridgehead atoms. The maximum absolute atomic E-state index is 9.81. The molecular formula is C28H56O6. The monoisotopic (exact) mass is 488 g/mol. The minimum atomic E-state index is -1.61. The lowest BCUT2D eigenvalue weighted by atomic mass is 9.91. The van der Waals surface area contributed by atoms with Gasteiger partial charge in [-0.1, -0.05) is 84.3 Å². The van der Waals surface area contributed by atoms with Crippen LogP contribution >= 0.6 is 0 Å². The molecule has 0 aliphatic rings. The SMILES string of the molecule is CC(=CCCCOC[C@H](O)[C@@H](O)[C@H](O)[C@H](O)CO)CCCC(C)CCCC(C)CCCC(C)C. The summed E-state index contributed by atoms with van der Waals surface area (Å²) in [4.78, 5) is 0. The van der Waals surface area contributed by atoms with E-state index in [0.29, 0.717) is 6.61 Å². The summed E-state index contributed by atoms with van der Waals surface area (Å²) in [6.45, 7) is 11.2. The third kappa shape index (κ3) is 17.9. The van der Waals surface area contributed by atoms with Gasteiger partial charge < -0.3 is 30.3 Å². The molecular weight excluding hydrogens is 432 g/mol. The second-order valence-corrected chi connectivity index (χ2v) is 10.9. The maximum Gasteiger partial charge on any atom is 0.111 e. The van der Waals surface area contributed by atoms with Crippen LogP contribution in [-0.2, 0) is 4.74 Å². The van der Waals surface area contributed by atoms with Crippen LogP contribution in [0.2, 0.25) is 0 Å². The molecule has 2 unspecified atom stereocenters. The summed E-state index contributed by atoms with van der Waals surface area (Å²) in [5.74, 6) is 2.48. The van der Waals surface area contributed by atoms with Gasteiger partial charge in [-0.05, 0) is 50.4 Å². The first-order chi connectivity index (χ1) is 16.1. The predicted octanol–water partition coefficient (Wildman–Crippen LogP) is 4.60. The molecule has 0 rings (SSSR count).